The lowest BCUT2D eigenvalue weighted by Crippen LogP contribution is -2.41. The third-order valence-electron chi connectivity index (χ3n) is 5.28. The fourth-order valence-corrected chi connectivity index (χ4v) is 3.62. The van der Waals surface area contributed by atoms with E-state index in [1.165, 1.54) is 0 Å². The van der Waals surface area contributed by atoms with Crippen LogP contribution in [0, 0.1) is 6.92 Å². The fraction of sp³-hybridized carbons (Fsp3) is 0.440. The summed E-state index contributed by atoms with van der Waals surface area (Å²) in [5.41, 5.74) is 3.41. The molecule has 2 N–H and O–H groups in total. The number of aryl methyl sites for hydroxylation is 1. The number of benzene rings is 2. The van der Waals surface area contributed by atoms with E-state index in [1.807, 2.05) is 36.1 Å². The quantitative estimate of drug-likeness (QED) is 0.278. The molecule has 0 bridgehead atoms. The van der Waals surface area contributed by atoms with Crippen LogP contribution in [-0.2, 0) is 17.9 Å². The van der Waals surface area contributed by atoms with Crippen molar-refractivity contribution in [2.24, 2.45) is 4.99 Å². The Bertz CT molecular complexity index is 903. The van der Waals surface area contributed by atoms with Gasteiger partial charge in [0.25, 0.3) is 0 Å². The Morgan fingerprint density at radius 3 is 2.66 bits per heavy atom. The summed E-state index contributed by atoms with van der Waals surface area (Å²) in [7, 11) is 0. The van der Waals surface area contributed by atoms with Crippen LogP contribution in [0.1, 0.15) is 43.4 Å². The number of para-hydroxylation sites is 1. The van der Waals surface area contributed by atoms with Crippen LogP contribution in [-0.4, -0.2) is 42.5 Å². The number of amides is 1. The maximum absolute atomic E-state index is 11.9. The zero-order valence-electron chi connectivity index (χ0n) is 19.3. The summed E-state index contributed by atoms with van der Waals surface area (Å²) in [6.07, 6.45) is 1.64. The lowest BCUT2D eigenvalue weighted by Gasteiger charge is -2.19. The summed E-state index contributed by atoms with van der Waals surface area (Å²) < 4.78 is 6.05. The molecule has 174 valence electrons. The van der Waals surface area contributed by atoms with Gasteiger partial charge in [-0.2, -0.15) is 0 Å². The van der Waals surface area contributed by atoms with Crippen molar-refractivity contribution in [3.63, 3.8) is 0 Å². The number of ether oxygens (including phenoxy) is 1. The molecule has 1 aliphatic heterocycles. The van der Waals surface area contributed by atoms with Crippen molar-refractivity contribution < 1.29 is 9.53 Å². The van der Waals surface area contributed by atoms with Gasteiger partial charge in [0.05, 0.1) is 13.1 Å². The third-order valence-corrected chi connectivity index (χ3v) is 5.28. The number of guanidine groups is 1. The Balaban J connectivity index is 0.00000363. The normalized spacial score (nSPS) is 14.7. The topological polar surface area (TPSA) is 66.0 Å². The number of halogens is 1. The van der Waals surface area contributed by atoms with E-state index in [0.29, 0.717) is 26.1 Å². The van der Waals surface area contributed by atoms with Crippen LogP contribution >= 0.6 is 24.0 Å². The second kappa shape index (κ2) is 13.3. The van der Waals surface area contributed by atoms with E-state index in [4.69, 9.17) is 9.73 Å². The van der Waals surface area contributed by atoms with Crippen molar-refractivity contribution in [3.8, 4) is 5.75 Å². The standard InChI is InChI=1S/C25H34N4O2.HI/c1-4-26-25(27-16-20(3)31-23-12-6-5-9-19(23)2)28-17-21-10-7-11-22(15-21)18-29-14-8-13-24(29)30;/h5-7,9-12,15,20H,4,8,13-14,16-18H2,1-3H3,(H2,26,27,28);1H. The Kier molecular flexibility index (Phi) is 10.8. The van der Waals surface area contributed by atoms with Gasteiger partial charge in [0.2, 0.25) is 5.91 Å². The van der Waals surface area contributed by atoms with Gasteiger partial charge in [-0.15, -0.1) is 24.0 Å². The smallest absolute Gasteiger partial charge is 0.222 e. The molecule has 32 heavy (non-hydrogen) atoms. The van der Waals surface area contributed by atoms with E-state index in [1.54, 1.807) is 0 Å². The van der Waals surface area contributed by atoms with E-state index < -0.39 is 0 Å². The lowest BCUT2D eigenvalue weighted by atomic mass is 10.1. The van der Waals surface area contributed by atoms with Crippen LogP contribution < -0.4 is 15.4 Å². The van der Waals surface area contributed by atoms with Crippen LogP contribution in [0.15, 0.2) is 53.5 Å². The van der Waals surface area contributed by atoms with E-state index in [2.05, 4.69) is 48.7 Å². The van der Waals surface area contributed by atoms with E-state index in [0.717, 1.165) is 47.9 Å². The van der Waals surface area contributed by atoms with Crippen LogP contribution in [0.25, 0.3) is 0 Å². The minimum atomic E-state index is 0. The molecule has 1 fully saturated rings. The van der Waals surface area contributed by atoms with E-state index in [9.17, 15) is 4.79 Å². The van der Waals surface area contributed by atoms with Gasteiger partial charge < -0.3 is 20.3 Å². The fourth-order valence-electron chi connectivity index (χ4n) is 3.62. The number of hydrogen-bond acceptors (Lipinski definition) is 3. The van der Waals surface area contributed by atoms with Gasteiger partial charge in [-0.3, -0.25) is 4.79 Å². The van der Waals surface area contributed by atoms with Crippen molar-refractivity contribution in [2.75, 3.05) is 19.6 Å². The summed E-state index contributed by atoms with van der Waals surface area (Å²) in [4.78, 5) is 18.5. The number of aliphatic imine (C=N–C) groups is 1. The average molecular weight is 550 g/mol. The first-order valence-electron chi connectivity index (χ1n) is 11.1. The first-order chi connectivity index (χ1) is 15.0. The van der Waals surface area contributed by atoms with E-state index >= 15 is 0 Å². The number of rotatable bonds is 9. The van der Waals surface area contributed by atoms with Crippen LogP contribution in [0.5, 0.6) is 5.75 Å². The third kappa shape index (κ3) is 8.00. The van der Waals surface area contributed by atoms with Gasteiger partial charge >= 0.3 is 0 Å². The Hall–Kier alpha value is -2.29. The van der Waals surface area contributed by atoms with Crippen molar-refractivity contribution >= 4 is 35.8 Å². The van der Waals surface area contributed by atoms with Crippen LogP contribution in [0.3, 0.4) is 0 Å². The highest BCUT2D eigenvalue weighted by Crippen LogP contribution is 2.18. The highest BCUT2D eigenvalue weighted by atomic mass is 127. The summed E-state index contributed by atoms with van der Waals surface area (Å²) in [6, 6.07) is 16.4. The first kappa shape index (κ1) is 26.0. The van der Waals surface area contributed by atoms with Gasteiger partial charge in [-0.1, -0.05) is 42.5 Å². The van der Waals surface area contributed by atoms with Crippen LogP contribution in [0.2, 0.25) is 0 Å². The lowest BCUT2D eigenvalue weighted by molar-refractivity contribution is -0.128. The molecule has 1 unspecified atom stereocenters. The molecule has 0 spiro atoms. The molecule has 0 radical (unpaired) electrons. The van der Waals surface area contributed by atoms with E-state index in [-0.39, 0.29) is 36.0 Å². The van der Waals surface area contributed by atoms with Crippen molar-refractivity contribution in [1.82, 2.24) is 15.5 Å². The zero-order valence-corrected chi connectivity index (χ0v) is 21.6. The van der Waals surface area contributed by atoms with Crippen molar-refractivity contribution in [1.29, 1.82) is 0 Å². The number of likely N-dealkylation sites (tertiary alicyclic amines) is 1. The second-order valence-corrected chi connectivity index (χ2v) is 8.01. The average Bonchev–Trinajstić information content (AvgIpc) is 3.16. The molecule has 1 heterocycles. The van der Waals surface area contributed by atoms with Gasteiger partial charge in [0.15, 0.2) is 5.96 Å². The summed E-state index contributed by atoms with van der Waals surface area (Å²) >= 11 is 0. The molecule has 2 aromatic rings. The molecule has 0 aromatic heterocycles. The second-order valence-electron chi connectivity index (χ2n) is 8.01. The number of carbonyl (C=O) groups is 1. The molecule has 1 amide bonds. The molecular weight excluding hydrogens is 515 g/mol. The van der Waals surface area contributed by atoms with Gasteiger partial charge in [0.1, 0.15) is 11.9 Å². The molecule has 0 aliphatic carbocycles. The zero-order chi connectivity index (χ0) is 22.1. The SMILES string of the molecule is CCNC(=NCc1cccc(CN2CCCC2=O)c1)NCC(C)Oc1ccccc1C.I. The van der Waals surface area contributed by atoms with Gasteiger partial charge in [0, 0.05) is 26.1 Å². The molecular formula is C25H35IN4O2. The molecule has 3 rings (SSSR count). The molecule has 6 nitrogen and oxygen atoms in total. The minimum Gasteiger partial charge on any atom is -0.489 e. The van der Waals surface area contributed by atoms with Crippen LogP contribution in [0.4, 0.5) is 0 Å². The summed E-state index contributed by atoms with van der Waals surface area (Å²) in [6.45, 7) is 9.71. The van der Waals surface area contributed by atoms with Crippen molar-refractivity contribution in [2.45, 2.75) is 52.8 Å². The maximum Gasteiger partial charge on any atom is 0.222 e. The Morgan fingerprint density at radius 2 is 1.94 bits per heavy atom. The number of nitrogens with one attached hydrogen (secondary N) is 2. The first-order valence-corrected chi connectivity index (χ1v) is 11.1. The molecule has 1 aliphatic rings. The summed E-state index contributed by atoms with van der Waals surface area (Å²) in [5.74, 6) is 1.93. The Morgan fingerprint density at radius 1 is 1.16 bits per heavy atom. The predicted molar refractivity (Wildman–Crippen MR) is 141 cm³/mol. The molecule has 1 saturated heterocycles. The predicted octanol–water partition coefficient (Wildman–Crippen LogP) is 4.26. The number of carbonyl (C=O) groups excluding carboxylic acids is 1. The minimum absolute atomic E-state index is 0. The molecule has 7 heteroatoms. The molecule has 0 saturated carbocycles. The number of hydrogen-bond donors (Lipinski definition) is 2. The van der Waals surface area contributed by atoms with Gasteiger partial charge in [-0.25, -0.2) is 4.99 Å². The highest BCUT2D eigenvalue weighted by Gasteiger charge is 2.19. The molecule has 1 atom stereocenters. The summed E-state index contributed by atoms with van der Waals surface area (Å²) in [5, 5.41) is 6.66. The maximum atomic E-state index is 11.9. The number of nitrogens with zero attached hydrogens (tertiary/aromatic N) is 2. The largest absolute Gasteiger partial charge is 0.489 e. The Labute approximate surface area is 208 Å². The molecule has 2 aromatic carbocycles. The van der Waals surface area contributed by atoms with Gasteiger partial charge in [-0.05, 0) is 49.9 Å². The van der Waals surface area contributed by atoms with Crippen molar-refractivity contribution in [3.05, 3.63) is 65.2 Å². The highest BCUT2D eigenvalue weighted by molar-refractivity contribution is 14.0. The monoisotopic (exact) mass is 550 g/mol.